The molecule has 1 saturated heterocycles. The Morgan fingerprint density at radius 1 is 1.18 bits per heavy atom. The highest BCUT2D eigenvalue weighted by Crippen LogP contribution is 2.16. The Morgan fingerprint density at radius 3 is 2.36 bits per heavy atom. The summed E-state index contributed by atoms with van der Waals surface area (Å²) in [4.78, 5) is 0. The zero-order valence-electron chi connectivity index (χ0n) is 13.4. The van der Waals surface area contributed by atoms with Gasteiger partial charge in [0.2, 0.25) is 10.0 Å². The van der Waals surface area contributed by atoms with Gasteiger partial charge in [0.05, 0.1) is 12.4 Å². The Hall–Kier alpha value is -1.11. The Balaban J connectivity index is 1.77. The SMILES string of the molecule is CCOc1ccc(CNC2CCN(S(=O)(=O)CC)CC2)cc1. The van der Waals surface area contributed by atoms with E-state index in [4.69, 9.17) is 4.74 Å². The van der Waals surface area contributed by atoms with E-state index in [1.54, 1.807) is 11.2 Å². The molecule has 6 heteroatoms. The van der Waals surface area contributed by atoms with Crippen LogP contribution in [0.2, 0.25) is 0 Å². The van der Waals surface area contributed by atoms with Crippen molar-refractivity contribution in [3.63, 3.8) is 0 Å². The van der Waals surface area contributed by atoms with Gasteiger partial charge in [-0.3, -0.25) is 0 Å². The summed E-state index contributed by atoms with van der Waals surface area (Å²) in [6.07, 6.45) is 1.74. The number of piperidine rings is 1. The summed E-state index contributed by atoms with van der Waals surface area (Å²) < 4.78 is 30.7. The second-order valence-electron chi connectivity index (χ2n) is 5.53. The van der Waals surface area contributed by atoms with Gasteiger partial charge in [-0.15, -0.1) is 0 Å². The van der Waals surface area contributed by atoms with Crippen LogP contribution < -0.4 is 10.1 Å². The summed E-state index contributed by atoms with van der Waals surface area (Å²) in [5, 5.41) is 3.52. The fourth-order valence-corrected chi connectivity index (χ4v) is 3.79. The number of ether oxygens (including phenoxy) is 1. The fraction of sp³-hybridized carbons (Fsp3) is 0.625. The zero-order chi connectivity index (χ0) is 16.0. The number of hydrogen-bond acceptors (Lipinski definition) is 4. The van der Waals surface area contributed by atoms with Gasteiger partial charge in [0.1, 0.15) is 5.75 Å². The molecular weight excluding hydrogens is 300 g/mol. The Bertz CT molecular complexity index is 549. The monoisotopic (exact) mass is 326 g/mol. The van der Waals surface area contributed by atoms with E-state index in [2.05, 4.69) is 17.4 Å². The molecule has 5 nitrogen and oxygen atoms in total. The molecule has 2 rings (SSSR count). The molecule has 1 aliphatic heterocycles. The van der Waals surface area contributed by atoms with Crippen molar-refractivity contribution in [2.75, 3.05) is 25.4 Å². The van der Waals surface area contributed by atoms with Crippen molar-refractivity contribution < 1.29 is 13.2 Å². The molecule has 124 valence electrons. The number of sulfonamides is 1. The van der Waals surface area contributed by atoms with Gasteiger partial charge < -0.3 is 10.1 Å². The second kappa shape index (κ2) is 7.94. The largest absolute Gasteiger partial charge is 0.494 e. The van der Waals surface area contributed by atoms with Crippen molar-refractivity contribution in [2.24, 2.45) is 0 Å². The third kappa shape index (κ3) is 4.69. The minimum Gasteiger partial charge on any atom is -0.494 e. The van der Waals surface area contributed by atoms with Crippen LogP contribution in [0.15, 0.2) is 24.3 Å². The number of nitrogens with zero attached hydrogens (tertiary/aromatic N) is 1. The predicted octanol–water partition coefficient (Wildman–Crippen LogP) is 1.99. The van der Waals surface area contributed by atoms with Crippen molar-refractivity contribution in [1.29, 1.82) is 0 Å². The van der Waals surface area contributed by atoms with Crippen LogP contribution >= 0.6 is 0 Å². The highest BCUT2D eigenvalue weighted by Gasteiger charge is 2.26. The Morgan fingerprint density at radius 2 is 1.82 bits per heavy atom. The van der Waals surface area contributed by atoms with Gasteiger partial charge in [-0.25, -0.2) is 12.7 Å². The van der Waals surface area contributed by atoms with Crippen LogP contribution in [0.1, 0.15) is 32.3 Å². The number of nitrogens with one attached hydrogen (secondary N) is 1. The lowest BCUT2D eigenvalue weighted by Gasteiger charge is -2.31. The second-order valence-corrected chi connectivity index (χ2v) is 7.79. The van der Waals surface area contributed by atoms with Gasteiger partial charge in [0.25, 0.3) is 0 Å². The number of rotatable bonds is 7. The Kier molecular flexibility index (Phi) is 6.23. The van der Waals surface area contributed by atoms with E-state index in [-0.39, 0.29) is 5.75 Å². The van der Waals surface area contributed by atoms with Crippen LogP contribution in [0.5, 0.6) is 5.75 Å². The molecule has 0 unspecified atom stereocenters. The molecule has 1 N–H and O–H groups in total. The first-order valence-corrected chi connectivity index (χ1v) is 9.59. The average Bonchev–Trinajstić information content (AvgIpc) is 2.55. The lowest BCUT2D eigenvalue weighted by Crippen LogP contribution is -2.45. The minimum absolute atomic E-state index is 0.192. The van der Waals surface area contributed by atoms with Gasteiger partial charge in [0.15, 0.2) is 0 Å². The smallest absolute Gasteiger partial charge is 0.213 e. The summed E-state index contributed by atoms with van der Waals surface area (Å²) in [5.74, 6) is 1.08. The molecule has 1 heterocycles. The summed E-state index contributed by atoms with van der Waals surface area (Å²) in [6.45, 7) is 6.40. The van der Waals surface area contributed by atoms with E-state index in [0.717, 1.165) is 25.1 Å². The molecule has 22 heavy (non-hydrogen) atoms. The first-order valence-electron chi connectivity index (χ1n) is 7.98. The van der Waals surface area contributed by atoms with Gasteiger partial charge in [-0.1, -0.05) is 12.1 Å². The fourth-order valence-electron chi connectivity index (χ4n) is 2.65. The van der Waals surface area contributed by atoms with Crippen molar-refractivity contribution in [3.8, 4) is 5.75 Å². The van der Waals surface area contributed by atoms with Crippen LogP contribution in [0.3, 0.4) is 0 Å². The molecule has 0 aliphatic carbocycles. The molecule has 1 fully saturated rings. The lowest BCUT2D eigenvalue weighted by atomic mass is 10.1. The van der Waals surface area contributed by atoms with Crippen molar-refractivity contribution >= 4 is 10.0 Å². The first-order chi connectivity index (χ1) is 10.5. The van der Waals surface area contributed by atoms with Crippen molar-refractivity contribution in [3.05, 3.63) is 29.8 Å². The highest BCUT2D eigenvalue weighted by molar-refractivity contribution is 7.89. The third-order valence-electron chi connectivity index (χ3n) is 4.04. The number of hydrogen-bond donors (Lipinski definition) is 1. The van der Waals surface area contributed by atoms with Crippen LogP contribution in [0.4, 0.5) is 0 Å². The van der Waals surface area contributed by atoms with Crippen LogP contribution in [0, 0.1) is 0 Å². The van der Waals surface area contributed by atoms with E-state index in [1.807, 2.05) is 19.1 Å². The normalized spacial score (nSPS) is 17.5. The molecule has 1 aromatic rings. The molecule has 1 aliphatic rings. The summed E-state index contributed by atoms with van der Waals surface area (Å²) in [6, 6.07) is 8.48. The summed E-state index contributed by atoms with van der Waals surface area (Å²) in [5.41, 5.74) is 1.21. The van der Waals surface area contributed by atoms with Crippen molar-refractivity contribution in [1.82, 2.24) is 9.62 Å². The van der Waals surface area contributed by atoms with E-state index in [1.165, 1.54) is 5.56 Å². The molecule has 0 spiro atoms. The summed E-state index contributed by atoms with van der Waals surface area (Å²) in [7, 11) is -3.03. The molecule has 1 aromatic carbocycles. The predicted molar refractivity (Wildman–Crippen MR) is 88.5 cm³/mol. The van der Waals surface area contributed by atoms with Gasteiger partial charge in [0, 0.05) is 25.7 Å². The van der Waals surface area contributed by atoms with E-state index in [0.29, 0.717) is 25.7 Å². The quantitative estimate of drug-likeness (QED) is 0.832. The van der Waals surface area contributed by atoms with Gasteiger partial charge in [-0.2, -0.15) is 0 Å². The van der Waals surface area contributed by atoms with Gasteiger partial charge >= 0.3 is 0 Å². The van der Waals surface area contributed by atoms with Crippen molar-refractivity contribution in [2.45, 2.75) is 39.3 Å². The third-order valence-corrected chi connectivity index (χ3v) is 5.92. The van der Waals surface area contributed by atoms with E-state index < -0.39 is 10.0 Å². The Labute approximate surface area is 133 Å². The lowest BCUT2D eigenvalue weighted by molar-refractivity contribution is 0.289. The highest BCUT2D eigenvalue weighted by atomic mass is 32.2. The van der Waals surface area contributed by atoms with Crippen LogP contribution in [-0.2, 0) is 16.6 Å². The maximum atomic E-state index is 11.8. The van der Waals surface area contributed by atoms with Gasteiger partial charge in [-0.05, 0) is 44.4 Å². The number of benzene rings is 1. The molecule has 0 bridgehead atoms. The molecule has 0 saturated carbocycles. The molecule has 0 amide bonds. The topological polar surface area (TPSA) is 58.6 Å². The molecular formula is C16H26N2O3S. The molecule has 0 radical (unpaired) electrons. The molecule has 0 atom stereocenters. The minimum atomic E-state index is -3.03. The maximum absolute atomic E-state index is 11.8. The standard InChI is InChI=1S/C16H26N2O3S/c1-3-21-16-7-5-14(6-8-16)13-17-15-9-11-18(12-10-15)22(19,20)4-2/h5-8,15,17H,3-4,9-13H2,1-2H3. The van der Waals surface area contributed by atoms with E-state index in [9.17, 15) is 8.42 Å². The zero-order valence-corrected chi connectivity index (χ0v) is 14.2. The maximum Gasteiger partial charge on any atom is 0.213 e. The van der Waals surface area contributed by atoms with Crippen LogP contribution in [-0.4, -0.2) is 44.2 Å². The molecule has 0 aromatic heterocycles. The van der Waals surface area contributed by atoms with E-state index >= 15 is 0 Å². The average molecular weight is 326 g/mol. The van der Waals surface area contributed by atoms with Crippen LogP contribution in [0.25, 0.3) is 0 Å². The first kappa shape index (κ1) is 17.2. The summed E-state index contributed by atoms with van der Waals surface area (Å²) >= 11 is 0.